The first-order valence-corrected chi connectivity index (χ1v) is 10.4. The van der Waals surface area contributed by atoms with Gasteiger partial charge in [0.15, 0.2) is 5.82 Å². The van der Waals surface area contributed by atoms with Gasteiger partial charge in [0.1, 0.15) is 0 Å². The van der Waals surface area contributed by atoms with Crippen molar-refractivity contribution >= 4 is 17.2 Å². The first-order chi connectivity index (χ1) is 13.3. The highest BCUT2D eigenvalue weighted by Crippen LogP contribution is 2.24. The van der Waals surface area contributed by atoms with Crippen LogP contribution in [-0.2, 0) is 23.1 Å². The third kappa shape index (κ3) is 5.29. The zero-order chi connectivity index (χ0) is 20.1. The Labute approximate surface area is 170 Å². The fraction of sp³-hybridized carbons (Fsp3) is 0.409. The number of benzene rings is 1. The molecule has 0 aliphatic rings. The molecule has 3 rings (SSSR count). The molecular formula is C22H27N3O2S. The first kappa shape index (κ1) is 20.3. The molecule has 0 aliphatic carbocycles. The maximum absolute atomic E-state index is 12.9. The molecule has 6 heteroatoms. The Kier molecular flexibility index (Phi) is 6.29. The summed E-state index contributed by atoms with van der Waals surface area (Å²) in [6, 6.07) is 12.3. The Morgan fingerprint density at radius 3 is 2.57 bits per heavy atom. The average molecular weight is 398 g/mol. The number of aryl methyl sites for hydroxylation is 1. The van der Waals surface area contributed by atoms with Crippen LogP contribution in [0.25, 0.3) is 0 Å². The van der Waals surface area contributed by atoms with Gasteiger partial charge in [0, 0.05) is 23.3 Å². The van der Waals surface area contributed by atoms with Crippen LogP contribution in [-0.4, -0.2) is 22.6 Å². The van der Waals surface area contributed by atoms with Crippen molar-refractivity contribution in [1.82, 2.24) is 15.5 Å². The Morgan fingerprint density at radius 2 is 1.96 bits per heavy atom. The summed E-state index contributed by atoms with van der Waals surface area (Å²) in [5, 5.41) is 9.11. The third-order valence-corrected chi connectivity index (χ3v) is 5.44. The molecule has 0 saturated heterocycles. The number of hydrogen-bond acceptors (Lipinski definition) is 5. The third-order valence-electron chi connectivity index (χ3n) is 4.54. The highest BCUT2D eigenvalue weighted by Gasteiger charge is 2.23. The fourth-order valence-corrected chi connectivity index (χ4v) is 3.62. The zero-order valence-electron chi connectivity index (χ0n) is 16.9. The number of rotatable bonds is 7. The highest BCUT2D eigenvalue weighted by molar-refractivity contribution is 7.09. The monoisotopic (exact) mass is 397 g/mol. The minimum absolute atomic E-state index is 0.0248. The van der Waals surface area contributed by atoms with Gasteiger partial charge in [-0.3, -0.25) is 4.79 Å². The van der Waals surface area contributed by atoms with Gasteiger partial charge in [-0.15, -0.1) is 11.3 Å². The summed E-state index contributed by atoms with van der Waals surface area (Å²) in [6.07, 6.45) is 1.24. The number of hydrogen-bond donors (Lipinski definition) is 1. The van der Waals surface area contributed by atoms with E-state index in [2.05, 4.69) is 40.6 Å². The minimum Gasteiger partial charge on any atom is -0.355 e. The molecule has 5 nitrogen and oxygen atoms in total. The average Bonchev–Trinajstić information content (AvgIpc) is 3.32. The lowest BCUT2D eigenvalue weighted by atomic mass is 9.93. The number of aromatic nitrogens is 2. The van der Waals surface area contributed by atoms with Crippen LogP contribution < -0.4 is 5.32 Å². The summed E-state index contributed by atoms with van der Waals surface area (Å²) in [5.74, 6) is 1.05. The number of carbonyl (C=O) groups excluding carboxylic acids is 1. The van der Waals surface area contributed by atoms with Crippen molar-refractivity contribution in [2.45, 2.75) is 51.9 Å². The molecule has 2 aromatic heterocycles. The van der Waals surface area contributed by atoms with Crippen molar-refractivity contribution in [2.24, 2.45) is 0 Å². The van der Waals surface area contributed by atoms with E-state index >= 15 is 0 Å². The number of nitrogens with one attached hydrogen (secondary N) is 1. The van der Waals surface area contributed by atoms with Crippen molar-refractivity contribution in [1.29, 1.82) is 0 Å². The van der Waals surface area contributed by atoms with E-state index in [0.717, 1.165) is 5.56 Å². The van der Waals surface area contributed by atoms with Gasteiger partial charge in [0.25, 0.3) is 0 Å². The van der Waals surface area contributed by atoms with Crippen LogP contribution in [0.1, 0.15) is 54.4 Å². The molecule has 0 radical (unpaired) electrons. The van der Waals surface area contributed by atoms with E-state index in [4.69, 9.17) is 4.52 Å². The van der Waals surface area contributed by atoms with Crippen LogP contribution in [0.15, 0.2) is 46.3 Å². The SMILES string of the molecule is Cc1ccc(C(Cc2cccs2)C(=O)NCCc2noc(C(C)(C)C)n2)cc1. The summed E-state index contributed by atoms with van der Waals surface area (Å²) in [7, 11) is 0. The maximum Gasteiger partial charge on any atom is 0.232 e. The van der Waals surface area contributed by atoms with Crippen molar-refractivity contribution < 1.29 is 9.32 Å². The van der Waals surface area contributed by atoms with Crippen LogP contribution in [0.5, 0.6) is 0 Å². The molecule has 1 N–H and O–H groups in total. The van der Waals surface area contributed by atoms with E-state index in [1.54, 1.807) is 11.3 Å². The molecular weight excluding hydrogens is 370 g/mol. The van der Waals surface area contributed by atoms with E-state index in [1.165, 1.54) is 10.4 Å². The Bertz CT molecular complexity index is 893. The lowest BCUT2D eigenvalue weighted by Crippen LogP contribution is -2.32. The van der Waals surface area contributed by atoms with Crippen LogP contribution in [0.2, 0.25) is 0 Å². The van der Waals surface area contributed by atoms with E-state index in [1.807, 2.05) is 44.4 Å². The van der Waals surface area contributed by atoms with E-state index in [0.29, 0.717) is 31.1 Å². The molecule has 0 spiro atoms. The number of carbonyl (C=O) groups is 1. The van der Waals surface area contributed by atoms with E-state index in [-0.39, 0.29) is 17.2 Å². The van der Waals surface area contributed by atoms with Crippen LogP contribution >= 0.6 is 11.3 Å². The molecule has 0 fully saturated rings. The number of nitrogens with zero attached hydrogens (tertiary/aromatic N) is 2. The van der Waals surface area contributed by atoms with E-state index in [9.17, 15) is 4.79 Å². The smallest absolute Gasteiger partial charge is 0.232 e. The molecule has 3 aromatic rings. The Hall–Kier alpha value is -2.47. The molecule has 1 unspecified atom stereocenters. The molecule has 1 aromatic carbocycles. The van der Waals surface area contributed by atoms with Crippen LogP contribution in [0, 0.1) is 6.92 Å². The molecule has 2 heterocycles. The molecule has 0 aliphatic heterocycles. The zero-order valence-corrected chi connectivity index (χ0v) is 17.7. The van der Waals surface area contributed by atoms with Crippen LogP contribution in [0.3, 0.4) is 0 Å². The van der Waals surface area contributed by atoms with Gasteiger partial charge in [-0.1, -0.05) is 61.8 Å². The topological polar surface area (TPSA) is 68.0 Å². The predicted octanol–water partition coefficient (Wildman–Crippen LogP) is 4.42. The Balaban J connectivity index is 1.64. The standard InChI is InChI=1S/C22H27N3O2S/c1-15-7-9-16(10-8-15)18(14-17-6-5-13-28-17)20(26)23-12-11-19-24-21(27-25-19)22(2,3)4/h5-10,13,18H,11-12,14H2,1-4H3,(H,23,26). The van der Waals surface area contributed by atoms with Crippen molar-refractivity contribution in [3.05, 3.63) is 69.5 Å². The molecule has 0 bridgehead atoms. The summed E-state index contributed by atoms with van der Waals surface area (Å²) >= 11 is 1.68. The number of amides is 1. The predicted molar refractivity (Wildman–Crippen MR) is 112 cm³/mol. The summed E-state index contributed by atoms with van der Waals surface area (Å²) in [4.78, 5) is 18.6. The van der Waals surface area contributed by atoms with Crippen molar-refractivity contribution in [3.8, 4) is 0 Å². The van der Waals surface area contributed by atoms with Gasteiger partial charge in [-0.2, -0.15) is 4.98 Å². The second kappa shape index (κ2) is 8.69. The number of thiophene rings is 1. The van der Waals surface area contributed by atoms with Gasteiger partial charge in [0.2, 0.25) is 11.8 Å². The second-order valence-electron chi connectivity index (χ2n) is 8.05. The van der Waals surface area contributed by atoms with Crippen molar-refractivity contribution in [2.75, 3.05) is 6.54 Å². The van der Waals surface area contributed by atoms with Gasteiger partial charge in [-0.05, 0) is 30.4 Å². The normalized spacial score (nSPS) is 12.7. The van der Waals surface area contributed by atoms with Crippen LogP contribution in [0.4, 0.5) is 0 Å². The maximum atomic E-state index is 12.9. The lowest BCUT2D eigenvalue weighted by Gasteiger charge is -2.17. The quantitative estimate of drug-likeness (QED) is 0.641. The molecule has 1 amide bonds. The van der Waals surface area contributed by atoms with E-state index < -0.39 is 0 Å². The summed E-state index contributed by atoms with van der Waals surface area (Å²) in [5.41, 5.74) is 2.04. The highest BCUT2D eigenvalue weighted by atomic mass is 32.1. The molecule has 1 atom stereocenters. The second-order valence-corrected chi connectivity index (χ2v) is 9.09. The van der Waals surface area contributed by atoms with Gasteiger partial charge in [-0.25, -0.2) is 0 Å². The van der Waals surface area contributed by atoms with Crippen molar-refractivity contribution in [3.63, 3.8) is 0 Å². The largest absolute Gasteiger partial charge is 0.355 e. The van der Waals surface area contributed by atoms with Gasteiger partial charge in [0.05, 0.1) is 5.92 Å². The minimum atomic E-state index is -0.213. The summed E-state index contributed by atoms with van der Waals surface area (Å²) in [6.45, 7) is 8.62. The lowest BCUT2D eigenvalue weighted by molar-refractivity contribution is -0.122. The summed E-state index contributed by atoms with van der Waals surface area (Å²) < 4.78 is 5.31. The molecule has 148 valence electrons. The van der Waals surface area contributed by atoms with Gasteiger partial charge < -0.3 is 9.84 Å². The first-order valence-electron chi connectivity index (χ1n) is 9.52. The van der Waals surface area contributed by atoms with Gasteiger partial charge >= 0.3 is 0 Å². The Morgan fingerprint density at radius 1 is 1.21 bits per heavy atom. The molecule has 28 heavy (non-hydrogen) atoms. The fourth-order valence-electron chi connectivity index (χ4n) is 2.87. The molecule has 0 saturated carbocycles.